The standard InChI is InChI=1S/C7H3BrF3N3/c8-6-5-4(13-14-6)1-3(2-12-5)7(9,10)11/h1-2,6H. The number of fused-ring (bicyclic) bond motifs is 1. The summed E-state index contributed by atoms with van der Waals surface area (Å²) in [7, 11) is 0. The van der Waals surface area contributed by atoms with E-state index < -0.39 is 16.7 Å². The van der Waals surface area contributed by atoms with Crippen molar-refractivity contribution in [3.63, 3.8) is 0 Å². The summed E-state index contributed by atoms with van der Waals surface area (Å²) in [5, 5.41) is 7.21. The lowest BCUT2D eigenvalue weighted by Gasteiger charge is -2.06. The zero-order valence-corrected chi connectivity index (χ0v) is 8.17. The van der Waals surface area contributed by atoms with Crippen LogP contribution in [0.4, 0.5) is 18.9 Å². The molecular weight excluding hydrogens is 263 g/mol. The molecule has 1 atom stereocenters. The third kappa shape index (κ3) is 1.52. The predicted molar refractivity (Wildman–Crippen MR) is 45.4 cm³/mol. The number of azo groups is 1. The van der Waals surface area contributed by atoms with Crippen LogP contribution >= 0.6 is 15.9 Å². The summed E-state index contributed by atoms with van der Waals surface area (Å²) in [6.45, 7) is 0. The fourth-order valence-corrected chi connectivity index (χ4v) is 1.49. The van der Waals surface area contributed by atoms with Crippen molar-refractivity contribution < 1.29 is 13.2 Å². The first-order chi connectivity index (χ1) is 6.48. The zero-order valence-electron chi connectivity index (χ0n) is 6.59. The molecule has 7 heteroatoms. The monoisotopic (exact) mass is 265 g/mol. The third-order valence-electron chi connectivity index (χ3n) is 1.72. The third-order valence-corrected chi connectivity index (χ3v) is 2.33. The van der Waals surface area contributed by atoms with E-state index >= 15 is 0 Å². The van der Waals surface area contributed by atoms with Gasteiger partial charge in [0.25, 0.3) is 0 Å². The fourth-order valence-electron chi connectivity index (χ4n) is 1.05. The van der Waals surface area contributed by atoms with Gasteiger partial charge in [-0.2, -0.15) is 23.4 Å². The minimum Gasteiger partial charge on any atom is -0.255 e. The molecule has 2 rings (SSSR count). The molecule has 3 nitrogen and oxygen atoms in total. The van der Waals surface area contributed by atoms with Crippen LogP contribution in [0, 0.1) is 0 Å². The molecule has 0 aliphatic carbocycles. The molecule has 0 saturated heterocycles. The zero-order chi connectivity index (χ0) is 10.3. The minimum atomic E-state index is -4.39. The lowest BCUT2D eigenvalue weighted by molar-refractivity contribution is -0.137. The van der Waals surface area contributed by atoms with Crippen LogP contribution in [-0.4, -0.2) is 4.98 Å². The maximum Gasteiger partial charge on any atom is 0.417 e. The molecule has 1 aliphatic rings. The van der Waals surface area contributed by atoms with Crippen molar-refractivity contribution in [2.45, 2.75) is 11.1 Å². The number of nitrogens with zero attached hydrogens (tertiary/aromatic N) is 3. The van der Waals surface area contributed by atoms with Gasteiger partial charge in [-0.3, -0.25) is 4.98 Å². The number of pyridine rings is 1. The second kappa shape index (κ2) is 3.01. The van der Waals surface area contributed by atoms with Gasteiger partial charge in [0.2, 0.25) is 0 Å². The Hall–Kier alpha value is -0.980. The quantitative estimate of drug-likeness (QED) is 0.522. The van der Waals surface area contributed by atoms with E-state index in [4.69, 9.17) is 0 Å². The Balaban J connectivity index is 2.47. The van der Waals surface area contributed by atoms with Crippen molar-refractivity contribution >= 4 is 21.6 Å². The van der Waals surface area contributed by atoms with Gasteiger partial charge in [-0.15, -0.1) is 0 Å². The predicted octanol–water partition coefficient (Wildman–Crippen LogP) is 3.59. The van der Waals surface area contributed by atoms with E-state index in [0.717, 1.165) is 12.3 Å². The summed E-state index contributed by atoms with van der Waals surface area (Å²) in [5.41, 5.74) is -0.225. The number of hydrogen-bond donors (Lipinski definition) is 0. The van der Waals surface area contributed by atoms with Crippen molar-refractivity contribution in [3.05, 3.63) is 23.5 Å². The van der Waals surface area contributed by atoms with Crippen molar-refractivity contribution in [1.29, 1.82) is 0 Å². The van der Waals surface area contributed by atoms with Crippen LogP contribution in [0.25, 0.3) is 0 Å². The lowest BCUT2D eigenvalue weighted by atomic mass is 10.2. The highest BCUT2D eigenvalue weighted by Crippen LogP contribution is 2.40. The van der Waals surface area contributed by atoms with Crippen molar-refractivity contribution in [3.8, 4) is 0 Å². The van der Waals surface area contributed by atoms with Crippen molar-refractivity contribution in [2.24, 2.45) is 10.2 Å². The number of alkyl halides is 4. The highest BCUT2D eigenvalue weighted by atomic mass is 79.9. The molecule has 1 unspecified atom stereocenters. The van der Waals surface area contributed by atoms with E-state index in [1.165, 1.54) is 0 Å². The van der Waals surface area contributed by atoms with Crippen molar-refractivity contribution in [2.75, 3.05) is 0 Å². The summed E-state index contributed by atoms with van der Waals surface area (Å²) < 4.78 is 36.7. The molecule has 14 heavy (non-hydrogen) atoms. The molecule has 0 spiro atoms. The van der Waals surface area contributed by atoms with Gasteiger partial charge in [-0.25, -0.2) is 0 Å². The van der Waals surface area contributed by atoms with E-state index in [9.17, 15) is 13.2 Å². The van der Waals surface area contributed by atoms with Gasteiger partial charge < -0.3 is 0 Å². The lowest BCUT2D eigenvalue weighted by Crippen LogP contribution is -2.05. The minimum absolute atomic E-state index is 0.168. The first kappa shape index (κ1) is 9.57. The maximum absolute atomic E-state index is 12.2. The molecule has 0 bridgehead atoms. The molecule has 0 amide bonds. The first-order valence-corrected chi connectivity index (χ1v) is 4.52. The molecule has 1 aromatic rings. The van der Waals surface area contributed by atoms with Gasteiger partial charge >= 0.3 is 6.18 Å². The number of rotatable bonds is 0. The van der Waals surface area contributed by atoms with Crippen LogP contribution in [0.2, 0.25) is 0 Å². The summed E-state index contributed by atoms with van der Waals surface area (Å²) in [6, 6.07) is 0.938. The number of aromatic nitrogens is 1. The normalized spacial score (nSPS) is 19.9. The molecule has 0 fully saturated rings. The highest BCUT2D eigenvalue weighted by molar-refractivity contribution is 9.09. The average Bonchev–Trinajstić information content (AvgIpc) is 2.46. The maximum atomic E-state index is 12.2. The summed E-state index contributed by atoms with van der Waals surface area (Å²) in [6.07, 6.45) is -3.61. The topological polar surface area (TPSA) is 37.6 Å². The fraction of sp³-hybridized carbons (Fsp3) is 0.286. The van der Waals surface area contributed by atoms with E-state index in [-0.39, 0.29) is 5.69 Å². The molecule has 0 radical (unpaired) electrons. The molecule has 74 valence electrons. The van der Waals surface area contributed by atoms with Crippen LogP contribution < -0.4 is 0 Å². The number of halogens is 4. The smallest absolute Gasteiger partial charge is 0.255 e. The van der Waals surface area contributed by atoms with Gasteiger partial charge in [-0.05, 0) is 6.07 Å². The van der Waals surface area contributed by atoms with Gasteiger partial charge in [0.15, 0.2) is 4.95 Å². The Labute approximate surface area is 85.2 Å². The average molecular weight is 266 g/mol. The van der Waals surface area contributed by atoms with Crippen LogP contribution in [0.1, 0.15) is 16.2 Å². The van der Waals surface area contributed by atoms with E-state index in [0.29, 0.717) is 5.69 Å². The number of hydrogen-bond acceptors (Lipinski definition) is 3. The first-order valence-electron chi connectivity index (χ1n) is 3.60. The molecule has 1 aliphatic heterocycles. The molecule has 2 heterocycles. The van der Waals surface area contributed by atoms with Crippen LogP contribution in [0.3, 0.4) is 0 Å². The van der Waals surface area contributed by atoms with E-state index in [1.54, 1.807) is 0 Å². The summed E-state index contributed by atoms with van der Waals surface area (Å²) in [4.78, 5) is 3.22. The van der Waals surface area contributed by atoms with E-state index in [2.05, 4.69) is 31.1 Å². The Morgan fingerprint density at radius 1 is 1.36 bits per heavy atom. The molecule has 0 saturated carbocycles. The van der Waals surface area contributed by atoms with Crippen molar-refractivity contribution in [1.82, 2.24) is 4.98 Å². The van der Waals surface area contributed by atoms with Gasteiger partial charge in [0.1, 0.15) is 11.4 Å². The van der Waals surface area contributed by atoms with E-state index in [1.807, 2.05) is 0 Å². The summed E-state index contributed by atoms with van der Waals surface area (Å²) >= 11 is 3.11. The SMILES string of the molecule is FC(F)(F)c1cnc2c(c1)N=NC2Br. The van der Waals surface area contributed by atoms with Crippen LogP contribution in [0.5, 0.6) is 0 Å². The van der Waals surface area contributed by atoms with Crippen LogP contribution in [-0.2, 0) is 6.18 Å². The Bertz CT molecular complexity index is 402. The van der Waals surface area contributed by atoms with Gasteiger partial charge in [0.05, 0.1) is 5.56 Å². The molecule has 0 N–H and O–H groups in total. The van der Waals surface area contributed by atoms with Gasteiger partial charge in [-0.1, -0.05) is 15.9 Å². The largest absolute Gasteiger partial charge is 0.417 e. The molecule has 1 aromatic heterocycles. The van der Waals surface area contributed by atoms with Crippen LogP contribution in [0.15, 0.2) is 22.5 Å². The second-order valence-electron chi connectivity index (χ2n) is 2.68. The molecule has 0 aromatic carbocycles. The molecular formula is C7H3BrF3N3. The summed E-state index contributed by atoms with van der Waals surface area (Å²) in [5.74, 6) is 0. The van der Waals surface area contributed by atoms with Gasteiger partial charge in [0, 0.05) is 6.20 Å². The highest BCUT2D eigenvalue weighted by Gasteiger charge is 2.33. The second-order valence-corrected chi connectivity index (χ2v) is 3.54. The Kier molecular flexibility index (Phi) is 2.06. The Morgan fingerprint density at radius 2 is 2.07 bits per heavy atom. The Morgan fingerprint density at radius 3 is 2.71 bits per heavy atom.